The molecular formula is C21H23N3O. The molecule has 4 rings (SSSR count). The lowest BCUT2D eigenvalue weighted by molar-refractivity contribution is 0.102. The standard InChI is InChI=1S/C21H23N3O/c25-21-20-12-5-4-10-18(20)15-22-24(21)16-23-13-7-6-11-19(23)14-17-8-2-1-3-9-17/h1-5,8-10,12,15,19H,6-7,11,13-14,16H2/t19-/m0/s1. The molecule has 0 spiro atoms. The van der Waals surface area contributed by atoms with Gasteiger partial charge < -0.3 is 0 Å². The second kappa shape index (κ2) is 7.19. The highest BCUT2D eigenvalue weighted by Crippen LogP contribution is 2.21. The summed E-state index contributed by atoms with van der Waals surface area (Å²) in [6, 6.07) is 18.8. The minimum absolute atomic E-state index is 0.00198. The van der Waals surface area contributed by atoms with Gasteiger partial charge in [-0.25, -0.2) is 4.68 Å². The van der Waals surface area contributed by atoms with Crippen LogP contribution in [0.1, 0.15) is 24.8 Å². The number of fused-ring (bicyclic) bond motifs is 1. The van der Waals surface area contributed by atoms with E-state index in [-0.39, 0.29) is 5.56 Å². The van der Waals surface area contributed by atoms with Gasteiger partial charge in [-0.2, -0.15) is 5.10 Å². The zero-order chi connectivity index (χ0) is 17.1. The van der Waals surface area contributed by atoms with Crippen molar-refractivity contribution in [3.8, 4) is 0 Å². The van der Waals surface area contributed by atoms with Crippen LogP contribution in [0.25, 0.3) is 10.8 Å². The quantitative estimate of drug-likeness (QED) is 0.734. The van der Waals surface area contributed by atoms with Crippen molar-refractivity contribution in [2.24, 2.45) is 0 Å². The molecule has 2 aromatic carbocycles. The summed E-state index contributed by atoms with van der Waals surface area (Å²) in [4.78, 5) is 15.2. The van der Waals surface area contributed by atoms with Gasteiger partial charge in [-0.05, 0) is 30.9 Å². The van der Waals surface area contributed by atoms with Gasteiger partial charge in [0.05, 0.1) is 18.3 Å². The van der Waals surface area contributed by atoms with Crippen LogP contribution < -0.4 is 5.56 Å². The topological polar surface area (TPSA) is 38.1 Å². The van der Waals surface area contributed by atoms with E-state index in [9.17, 15) is 4.79 Å². The summed E-state index contributed by atoms with van der Waals surface area (Å²) < 4.78 is 1.62. The van der Waals surface area contributed by atoms with Crippen molar-refractivity contribution in [2.75, 3.05) is 6.54 Å². The Kier molecular flexibility index (Phi) is 4.61. The van der Waals surface area contributed by atoms with E-state index >= 15 is 0 Å². The fourth-order valence-electron chi connectivity index (χ4n) is 3.76. The zero-order valence-electron chi connectivity index (χ0n) is 14.3. The third-order valence-corrected chi connectivity index (χ3v) is 5.14. The smallest absolute Gasteiger partial charge is 0.275 e. The largest absolute Gasteiger partial charge is 0.281 e. The molecule has 2 heterocycles. The molecule has 1 aliphatic rings. The molecular weight excluding hydrogens is 310 g/mol. The van der Waals surface area contributed by atoms with E-state index in [1.165, 1.54) is 24.8 Å². The van der Waals surface area contributed by atoms with E-state index in [1.54, 1.807) is 10.9 Å². The van der Waals surface area contributed by atoms with Gasteiger partial charge in [0, 0.05) is 18.0 Å². The fourth-order valence-corrected chi connectivity index (χ4v) is 3.76. The van der Waals surface area contributed by atoms with Crippen LogP contribution in [0.15, 0.2) is 65.6 Å². The summed E-state index contributed by atoms with van der Waals surface area (Å²) in [5.74, 6) is 0. The molecule has 0 amide bonds. The molecule has 4 heteroatoms. The van der Waals surface area contributed by atoms with Gasteiger partial charge in [-0.1, -0.05) is 55.0 Å². The number of hydrogen-bond acceptors (Lipinski definition) is 3. The Morgan fingerprint density at radius 1 is 1.00 bits per heavy atom. The molecule has 3 aromatic rings. The molecule has 0 saturated carbocycles. The van der Waals surface area contributed by atoms with Gasteiger partial charge in [0.2, 0.25) is 0 Å². The minimum atomic E-state index is 0.00198. The number of rotatable bonds is 4. The number of benzene rings is 2. The molecule has 0 bridgehead atoms. The van der Waals surface area contributed by atoms with Gasteiger partial charge in [0.1, 0.15) is 0 Å². The molecule has 128 valence electrons. The zero-order valence-corrected chi connectivity index (χ0v) is 14.3. The van der Waals surface area contributed by atoms with Crippen molar-refractivity contribution in [2.45, 2.75) is 38.4 Å². The highest BCUT2D eigenvalue weighted by molar-refractivity contribution is 5.80. The first-order valence-corrected chi connectivity index (χ1v) is 9.04. The minimum Gasteiger partial charge on any atom is -0.281 e. The van der Waals surface area contributed by atoms with Crippen molar-refractivity contribution < 1.29 is 0 Å². The van der Waals surface area contributed by atoms with E-state index in [2.05, 4.69) is 40.3 Å². The van der Waals surface area contributed by atoms with Crippen LogP contribution in [-0.4, -0.2) is 27.3 Å². The first-order chi connectivity index (χ1) is 12.3. The molecule has 0 aliphatic carbocycles. The van der Waals surface area contributed by atoms with E-state index in [1.807, 2.05) is 24.3 Å². The Morgan fingerprint density at radius 3 is 2.68 bits per heavy atom. The molecule has 4 nitrogen and oxygen atoms in total. The lowest BCUT2D eigenvalue weighted by atomic mass is 9.96. The first kappa shape index (κ1) is 16.0. The third-order valence-electron chi connectivity index (χ3n) is 5.14. The second-order valence-electron chi connectivity index (χ2n) is 6.83. The monoisotopic (exact) mass is 333 g/mol. The lowest BCUT2D eigenvalue weighted by Crippen LogP contribution is -2.44. The van der Waals surface area contributed by atoms with Gasteiger partial charge >= 0.3 is 0 Å². The maximum Gasteiger partial charge on any atom is 0.275 e. The molecule has 1 aromatic heterocycles. The number of nitrogens with zero attached hydrogens (tertiary/aromatic N) is 3. The number of piperidine rings is 1. The summed E-state index contributed by atoms with van der Waals surface area (Å²) >= 11 is 0. The van der Waals surface area contributed by atoms with Crippen LogP contribution in [-0.2, 0) is 13.1 Å². The molecule has 1 fully saturated rings. The van der Waals surface area contributed by atoms with Gasteiger partial charge in [-0.3, -0.25) is 9.69 Å². The van der Waals surface area contributed by atoms with Crippen LogP contribution >= 0.6 is 0 Å². The highest BCUT2D eigenvalue weighted by atomic mass is 16.1. The number of hydrogen-bond donors (Lipinski definition) is 0. The Bertz CT molecular complexity index is 904. The molecule has 1 saturated heterocycles. The maximum absolute atomic E-state index is 12.7. The maximum atomic E-state index is 12.7. The Hall–Kier alpha value is -2.46. The van der Waals surface area contributed by atoms with Crippen LogP contribution in [0.5, 0.6) is 0 Å². The Balaban J connectivity index is 1.57. The van der Waals surface area contributed by atoms with E-state index in [0.29, 0.717) is 12.7 Å². The summed E-state index contributed by atoms with van der Waals surface area (Å²) in [6.45, 7) is 1.60. The molecule has 0 radical (unpaired) electrons. The van der Waals surface area contributed by atoms with Gasteiger partial charge in [0.15, 0.2) is 0 Å². The fraction of sp³-hybridized carbons (Fsp3) is 0.333. The van der Waals surface area contributed by atoms with Crippen LogP contribution in [0.3, 0.4) is 0 Å². The van der Waals surface area contributed by atoms with Crippen LogP contribution in [0, 0.1) is 0 Å². The van der Waals surface area contributed by atoms with Crippen molar-refractivity contribution in [1.82, 2.24) is 14.7 Å². The predicted molar refractivity (Wildman–Crippen MR) is 100 cm³/mol. The predicted octanol–water partition coefficient (Wildman–Crippen LogP) is 3.45. The van der Waals surface area contributed by atoms with Crippen LogP contribution in [0.2, 0.25) is 0 Å². The number of aromatic nitrogens is 2. The Morgan fingerprint density at radius 2 is 1.80 bits per heavy atom. The van der Waals surface area contributed by atoms with Gasteiger partial charge in [-0.15, -0.1) is 0 Å². The van der Waals surface area contributed by atoms with E-state index in [0.717, 1.165) is 23.7 Å². The summed E-state index contributed by atoms with van der Waals surface area (Å²) in [5, 5.41) is 6.05. The van der Waals surface area contributed by atoms with E-state index < -0.39 is 0 Å². The number of likely N-dealkylation sites (tertiary alicyclic amines) is 1. The van der Waals surface area contributed by atoms with Crippen molar-refractivity contribution in [3.63, 3.8) is 0 Å². The van der Waals surface area contributed by atoms with Gasteiger partial charge in [0.25, 0.3) is 5.56 Å². The molecule has 1 aliphatic heterocycles. The van der Waals surface area contributed by atoms with Crippen LogP contribution in [0.4, 0.5) is 0 Å². The highest BCUT2D eigenvalue weighted by Gasteiger charge is 2.23. The van der Waals surface area contributed by atoms with E-state index in [4.69, 9.17) is 0 Å². The molecule has 1 atom stereocenters. The summed E-state index contributed by atoms with van der Waals surface area (Å²) in [5.41, 5.74) is 1.36. The Labute approximate surface area is 147 Å². The average molecular weight is 333 g/mol. The van der Waals surface area contributed by atoms with Crippen molar-refractivity contribution in [3.05, 3.63) is 76.7 Å². The molecule has 0 N–H and O–H groups in total. The molecule has 25 heavy (non-hydrogen) atoms. The SMILES string of the molecule is O=c1c2ccccc2cnn1CN1CCCC[C@H]1Cc1ccccc1. The normalized spacial score (nSPS) is 18.5. The molecule has 0 unspecified atom stereocenters. The first-order valence-electron chi connectivity index (χ1n) is 9.04. The summed E-state index contributed by atoms with van der Waals surface area (Å²) in [6.07, 6.45) is 6.45. The van der Waals surface area contributed by atoms with Crippen molar-refractivity contribution >= 4 is 10.8 Å². The third kappa shape index (κ3) is 3.49. The average Bonchev–Trinajstić information content (AvgIpc) is 2.66. The second-order valence-corrected chi connectivity index (χ2v) is 6.83. The lowest BCUT2D eigenvalue weighted by Gasteiger charge is -2.35. The summed E-state index contributed by atoms with van der Waals surface area (Å²) in [7, 11) is 0. The van der Waals surface area contributed by atoms with Crippen molar-refractivity contribution in [1.29, 1.82) is 0 Å².